The van der Waals surface area contributed by atoms with Crippen molar-refractivity contribution in [2.75, 3.05) is 6.61 Å². The van der Waals surface area contributed by atoms with Gasteiger partial charge in [-0.05, 0) is 80.0 Å². The van der Waals surface area contributed by atoms with Crippen LogP contribution in [-0.2, 0) is 25.9 Å². The molecule has 5 nitrogen and oxygen atoms in total. The van der Waals surface area contributed by atoms with Crippen molar-refractivity contribution in [2.24, 2.45) is 22.7 Å². The summed E-state index contributed by atoms with van der Waals surface area (Å²) in [6.07, 6.45) is 7.73. The zero-order chi connectivity index (χ0) is 26.7. The van der Waals surface area contributed by atoms with Gasteiger partial charge in [0.15, 0.2) is 6.29 Å². The van der Waals surface area contributed by atoms with Crippen molar-refractivity contribution in [2.45, 2.75) is 76.6 Å². The number of hydrogen-bond donors (Lipinski definition) is 0. The van der Waals surface area contributed by atoms with Gasteiger partial charge in [-0.3, -0.25) is 0 Å². The standard InChI is InChI=1S/C32H39NO4S/c1-5-36-30-20-32-27(22(2)17-18-31(32,4)23(3)15-16-29(32)37-30)19-24-21-33(28-14-10-9-13-26(24)28)38(34,35)25-11-7-6-8-12-25/h6-14,21,23,27,29-30H,2,5,15-20H2,1,3-4H3/t23?,27-,29?,30+,31?,32?/m0/s1. The van der Waals surface area contributed by atoms with Gasteiger partial charge in [0.05, 0.1) is 16.5 Å². The SMILES string of the molecule is C=C1CCC2(C)C(C)CCC3O[C@@H](OCC)CC32[C@H]1Cc1cn(S(=O)(=O)c2ccccc2)c2ccccc12. The number of aromatic nitrogens is 1. The second kappa shape index (κ2) is 9.35. The maximum Gasteiger partial charge on any atom is 0.268 e. The highest BCUT2D eigenvalue weighted by atomic mass is 32.2. The van der Waals surface area contributed by atoms with Crippen LogP contribution in [0.3, 0.4) is 0 Å². The van der Waals surface area contributed by atoms with Crippen LogP contribution in [0.25, 0.3) is 10.9 Å². The number of ether oxygens (including phenoxy) is 2. The number of fused-ring (bicyclic) bond motifs is 1. The minimum absolute atomic E-state index is 0.0820. The van der Waals surface area contributed by atoms with Gasteiger partial charge in [-0.1, -0.05) is 62.4 Å². The second-order valence-electron chi connectivity index (χ2n) is 11.9. The lowest BCUT2D eigenvalue weighted by molar-refractivity contribution is -0.167. The van der Waals surface area contributed by atoms with E-state index in [1.165, 1.54) is 9.55 Å². The van der Waals surface area contributed by atoms with Gasteiger partial charge < -0.3 is 9.47 Å². The zero-order valence-electron chi connectivity index (χ0n) is 22.7. The van der Waals surface area contributed by atoms with E-state index >= 15 is 0 Å². The molecule has 2 heterocycles. The highest BCUT2D eigenvalue weighted by Gasteiger charge is 2.67. The van der Waals surface area contributed by atoms with Gasteiger partial charge >= 0.3 is 0 Å². The molecule has 2 aromatic carbocycles. The third-order valence-corrected chi connectivity index (χ3v) is 12.0. The zero-order valence-corrected chi connectivity index (χ0v) is 23.5. The number of benzene rings is 2. The van der Waals surface area contributed by atoms with Crippen molar-refractivity contribution in [3.05, 3.63) is 78.5 Å². The second-order valence-corrected chi connectivity index (χ2v) is 13.7. The Morgan fingerprint density at radius 3 is 2.61 bits per heavy atom. The topological polar surface area (TPSA) is 57.5 Å². The fourth-order valence-electron chi connectivity index (χ4n) is 8.18. The van der Waals surface area contributed by atoms with Crippen molar-refractivity contribution in [1.82, 2.24) is 3.97 Å². The molecule has 3 aromatic rings. The minimum Gasteiger partial charge on any atom is -0.353 e. The molecule has 6 atom stereocenters. The fraction of sp³-hybridized carbons (Fsp3) is 0.500. The molecule has 3 fully saturated rings. The minimum atomic E-state index is -3.73. The molecule has 6 rings (SSSR count). The predicted molar refractivity (Wildman–Crippen MR) is 150 cm³/mol. The van der Waals surface area contributed by atoms with E-state index < -0.39 is 10.0 Å². The summed E-state index contributed by atoms with van der Waals surface area (Å²) >= 11 is 0. The Hall–Kier alpha value is -2.41. The number of rotatable bonds is 6. The smallest absolute Gasteiger partial charge is 0.268 e. The van der Waals surface area contributed by atoms with Crippen LogP contribution < -0.4 is 0 Å². The average molecular weight is 534 g/mol. The van der Waals surface area contributed by atoms with Gasteiger partial charge in [0, 0.05) is 30.0 Å². The van der Waals surface area contributed by atoms with Crippen LogP contribution in [0.15, 0.2) is 77.8 Å². The number of nitrogens with zero attached hydrogens (tertiary/aromatic N) is 1. The molecule has 1 spiro atoms. The van der Waals surface area contributed by atoms with E-state index in [2.05, 4.69) is 26.5 Å². The Morgan fingerprint density at radius 1 is 1.11 bits per heavy atom. The third kappa shape index (κ3) is 3.67. The first-order valence-electron chi connectivity index (χ1n) is 14.1. The lowest BCUT2D eigenvalue weighted by atomic mass is 9.41. The van der Waals surface area contributed by atoms with Gasteiger partial charge in [0.2, 0.25) is 0 Å². The molecule has 1 aromatic heterocycles. The normalized spacial score (nSPS) is 33.3. The Labute approximate surface area is 226 Å². The molecular weight excluding hydrogens is 494 g/mol. The highest BCUT2D eigenvalue weighted by Crippen LogP contribution is 2.69. The summed E-state index contributed by atoms with van der Waals surface area (Å²) in [6.45, 7) is 12.2. The first-order valence-corrected chi connectivity index (χ1v) is 15.5. The van der Waals surface area contributed by atoms with E-state index in [-0.39, 0.29) is 29.1 Å². The Kier molecular flexibility index (Phi) is 6.36. The molecule has 202 valence electrons. The number of hydrogen-bond acceptors (Lipinski definition) is 4. The van der Waals surface area contributed by atoms with Gasteiger partial charge in [-0.2, -0.15) is 0 Å². The largest absolute Gasteiger partial charge is 0.353 e. The first-order chi connectivity index (χ1) is 18.2. The molecule has 0 radical (unpaired) electrons. The molecule has 0 bridgehead atoms. The van der Waals surface area contributed by atoms with Crippen molar-refractivity contribution in [3.8, 4) is 0 Å². The maximum absolute atomic E-state index is 13.7. The van der Waals surface area contributed by atoms with Crippen LogP contribution in [0.1, 0.15) is 58.4 Å². The Morgan fingerprint density at radius 2 is 1.84 bits per heavy atom. The molecule has 0 amide bonds. The average Bonchev–Trinajstić information content (AvgIpc) is 3.48. The van der Waals surface area contributed by atoms with Crippen LogP contribution in [0.4, 0.5) is 0 Å². The van der Waals surface area contributed by atoms with E-state index in [1.807, 2.05) is 37.4 Å². The first kappa shape index (κ1) is 25.8. The Bertz CT molecular complexity index is 1460. The third-order valence-electron chi connectivity index (χ3n) is 10.3. The number of para-hydroxylation sites is 1. The van der Waals surface area contributed by atoms with E-state index in [0.29, 0.717) is 17.4 Å². The fourth-order valence-corrected chi connectivity index (χ4v) is 9.60. The lowest BCUT2D eigenvalue weighted by Crippen LogP contribution is -2.59. The quantitative estimate of drug-likeness (QED) is 0.321. The molecule has 2 aliphatic carbocycles. The molecule has 6 heteroatoms. The predicted octanol–water partition coefficient (Wildman–Crippen LogP) is 6.96. The molecule has 4 unspecified atom stereocenters. The van der Waals surface area contributed by atoms with Gasteiger partial charge in [0.1, 0.15) is 0 Å². The van der Waals surface area contributed by atoms with Gasteiger partial charge in [-0.15, -0.1) is 0 Å². The molecule has 1 aliphatic heterocycles. The van der Waals surface area contributed by atoms with E-state index in [9.17, 15) is 8.42 Å². The number of allylic oxidation sites excluding steroid dienone is 1. The summed E-state index contributed by atoms with van der Waals surface area (Å²) in [5, 5.41) is 0.990. The molecule has 0 N–H and O–H groups in total. The van der Waals surface area contributed by atoms with Crippen LogP contribution >= 0.6 is 0 Å². The van der Waals surface area contributed by atoms with Crippen molar-refractivity contribution in [1.29, 1.82) is 0 Å². The lowest BCUT2D eigenvalue weighted by Gasteiger charge is -2.62. The van der Waals surface area contributed by atoms with Gasteiger partial charge in [-0.25, -0.2) is 12.4 Å². The summed E-state index contributed by atoms with van der Waals surface area (Å²) in [5.74, 6) is 0.774. The van der Waals surface area contributed by atoms with E-state index in [4.69, 9.17) is 9.47 Å². The summed E-state index contributed by atoms with van der Waals surface area (Å²) in [5.41, 5.74) is 3.08. The molecule has 38 heavy (non-hydrogen) atoms. The summed E-state index contributed by atoms with van der Waals surface area (Å²) < 4.78 is 41.7. The van der Waals surface area contributed by atoms with E-state index in [1.54, 1.807) is 24.3 Å². The van der Waals surface area contributed by atoms with E-state index in [0.717, 1.165) is 55.0 Å². The monoisotopic (exact) mass is 533 g/mol. The van der Waals surface area contributed by atoms with Gasteiger partial charge in [0.25, 0.3) is 10.0 Å². The van der Waals surface area contributed by atoms with Crippen LogP contribution in [-0.4, -0.2) is 31.4 Å². The summed E-state index contributed by atoms with van der Waals surface area (Å²) in [7, 11) is -3.73. The van der Waals surface area contributed by atoms with Crippen LogP contribution in [0.2, 0.25) is 0 Å². The summed E-state index contributed by atoms with van der Waals surface area (Å²) in [6, 6.07) is 16.6. The summed E-state index contributed by atoms with van der Waals surface area (Å²) in [4.78, 5) is 0.297. The molecular formula is C32H39NO4S. The Balaban J connectivity index is 1.47. The molecule has 3 aliphatic rings. The van der Waals surface area contributed by atoms with Crippen LogP contribution in [0.5, 0.6) is 0 Å². The maximum atomic E-state index is 13.7. The van der Waals surface area contributed by atoms with Crippen molar-refractivity contribution >= 4 is 20.9 Å². The van der Waals surface area contributed by atoms with Crippen molar-refractivity contribution in [3.63, 3.8) is 0 Å². The molecule has 1 saturated heterocycles. The molecule has 2 saturated carbocycles. The van der Waals surface area contributed by atoms with Crippen molar-refractivity contribution < 1.29 is 17.9 Å². The highest BCUT2D eigenvalue weighted by molar-refractivity contribution is 7.90. The van der Waals surface area contributed by atoms with Crippen LogP contribution in [0, 0.1) is 22.7 Å².